The van der Waals surface area contributed by atoms with Gasteiger partial charge in [-0.05, 0) is 17.2 Å². The molecule has 5 heteroatoms. The van der Waals surface area contributed by atoms with E-state index in [4.69, 9.17) is 0 Å². The van der Waals surface area contributed by atoms with E-state index in [1.165, 1.54) is 11.1 Å². The Morgan fingerprint density at radius 1 is 0.852 bits per heavy atom. The molecule has 3 rings (SSSR count). The number of hydrogen-bond donors (Lipinski definition) is 0. The molecule has 0 N–H and O–H groups in total. The van der Waals surface area contributed by atoms with Gasteiger partial charge in [0.15, 0.2) is 0 Å². The van der Waals surface area contributed by atoms with Crippen LogP contribution < -0.4 is 22.2 Å². The van der Waals surface area contributed by atoms with Gasteiger partial charge in [0.05, 0.1) is 5.69 Å². The zero-order chi connectivity index (χ0) is 18.4. The fourth-order valence-corrected chi connectivity index (χ4v) is 2.97. The Hall–Kier alpha value is -3.03. The molecule has 0 aliphatic heterocycles. The topological polar surface area (TPSA) is 43.2 Å². The highest BCUT2D eigenvalue weighted by atomic mass is 35.5. The molecule has 0 fully saturated rings. The Morgan fingerprint density at radius 2 is 1.37 bits per heavy atom. The van der Waals surface area contributed by atoms with Crippen molar-refractivity contribution in [2.24, 2.45) is 0 Å². The van der Waals surface area contributed by atoms with Crippen molar-refractivity contribution in [3.63, 3.8) is 0 Å². The third-order valence-electron chi connectivity index (χ3n) is 4.23. The molecule has 1 aromatic heterocycles. The molecular formula is C22H22ClN4-. The van der Waals surface area contributed by atoms with Gasteiger partial charge in [-0.3, -0.25) is 0 Å². The average Bonchev–Trinajstić information content (AvgIpc) is 2.68. The van der Waals surface area contributed by atoms with Crippen LogP contribution in [0.25, 0.3) is 0 Å². The molecule has 0 aliphatic rings. The van der Waals surface area contributed by atoms with E-state index in [1.807, 2.05) is 61.5 Å². The number of hydrogen-bond acceptors (Lipinski definition) is 4. The van der Waals surface area contributed by atoms with E-state index < -0.39 is 0 Å². The second-order valence-corrected chi connectivity index (χ2v) is 6.36. The van der Waals surface area contributed by atoms with Gasteiger partial charge >= 0.3 is 0 Å². The summed E-state index contributed by atoms with van der Waals surface area (Å²) < 4.78 is 0. The molecule has 0 aliphatic carbocycles. The zero-order valence-corrected chi connectivity index (χ0v) is 16.3. The van der Waals surface area contributed by atoms with Gasteiger partial charge < -0.3 is 22.2 Å². The fraction of sp³-hybridized carbons (Fsp3) is 0.182. The maximum atomic E-state index is 9.79. The predicted molar refractivity (Wildman–Crippen MR) is 106 cm³/mol. The van der Waals surface area contributed by atoms with Crippen molar-refractivity contribution in [2.75, 3.05) is 23.9 Å². The molecule has 0 saturated carbocycles. The summed E-state index contributed by atoms with van der Waals surface area (Å²) >= 11 is 0. The molecule has 0 radical (unpaired) electrons. The number of pyridine rings is 1. The number of aromatic nitrogens is 1. The molecule has 0 spiro atoms. The minimum Gasteiger partial charge on any atom is -1.00 e. The van der Waals surface area contributed by atoms with E-state index in [-0.39, 0.29) is 12.4 Å². The van der Waals surface area contributed by atoms with E-state index in [9.17, 15) is 5.26 Å². The molecule has 0 atom stereocenters. The lowest BCUT2D eigenvalue weighted by Crippen LogP contribution is -3.00. The van der Waals surface area contributed by atoms with E-state index in [0.29, 0.717) is 24.5 Å². The lowest BCUT2D eigenvalue weighted by Gasteiger charge is -2.27. The first-order valence-electron chi connectivity index (χ1n) is 8.58. The lowest BCUT2D eigenvalue weighted by molar-refractivity contribution is -0.00000559. The van der Waals surface area contributed by atoms with Crippen molar-refractivity contribution in [3.05, 3.63) is 89.6 Å². The van der Waals surface area contributed by atoms with Crippen LogP contribution in [0.2, 0.25) is 0 Å². The van der Waals surface area contributed by atoms with Crippen LogP contribution in [0.4, 0.5) is 11.5 Å². The summed E-state index contributed by atoms with van der Waals surface area (Å²) in [6, 6.07) is 24.8. The van der Waals surface area contributed by atoms with Gasteiger partial charge in [0.25, 0.3) is 0 Å². The molecule has 0 amide bonds. The molecule has 0 bridgehead atoms. The third-order valence-corrected chi connectivity index (χ3v) is 4.23. The molecule has 1 heterocycles. The summed E-state index contributed by atoms with van der Waals surface area (Å²) in [6.45, 7) is 1.38. The smallest absolute Gasteiger partial charge is 0.149 e. The quantitative estimate of drug-likeness (QED) is 0.648. The second kappa shape index (κ2) is 9.61. The molecular weight excluding hydrogens is 356 g/mol. The van der Waals surface area contributed by atoms with Gasteiger partial charge in [-0.15, -0.1) is 0 Å². The summed E-state index contributed by atoms with van der Waals surface area (Å²) in [5.74, 6) is 0.714. The Morgan fingerprint density at radius 3 is 1.81 bits per heavy atom. The Labute approximate surface area is 167 Å². The monoisotopic (exact) mass is 377 g/mol. The van der Waals surface area contributed by atoms with Crippen LogP contribution in [0.5, 0.6) is 0 Å². The van der Waals surface area contributed by atoms with E-state index >= 15 is 0 Å². The van der Waals surface area contributed by atoms with Gasteiger partial charge in [-0.1, -0.05) is 60.7 Å². The molecule has 27 heavy (non-hydrogen) atoms. The molecule has 138 valence electrons. The van der Waals surface area contributed by atoms with Crippen molar-refractivity contribution in [1.29, 1.82) is 5.26 Å². The highest BCUT2D eigenvalue weighted by molar-refractivity contribution is 5.69. The first-order chi connectivity index (χ1) is 12.7. The van der Waals surface area contributed by atoms with Gasteiger partial charge in [-0.2, -0.15) is 5.26 Å². The van der Waals surface area contributed by atoms with Crippen molar-refractivity contribution >= 4 is 11.5 Å². The largest absolute Gasteiger partial charge is 1.00 e. The highest BCUT2D eigenvalue weighted by Crippen LogP contribution is 2.28. The predicted octanol–water partition coefficient (Wildman–Crippen LogP) is 1.23. The maximum absolute atomic E-state index is 9.79. The average molecular weight is 378 g/mol. The van der Waals surface area contributed by atoms with E-state index in [0.717, 1.165) is 5.69 Å². The number of nitriles is 1. The molecule has 0 unspecified atom stereocenters. The number of rotatable bonds is 6. The minimum atomic E-state index is 0. The van der Waals surface area contributed by atoms with Gasteiger partial charge in [0.1, 0.15) is 17.5 Å². The van der Waals surface area contributed by atoms with Gasteiger partial charge in [0.2, 0.25) is 0 Å². The highest BCUT2D eigenvalue weighted by Gasteiger charge is 2.18. The first kappa shape index (κ1) is 20.3. The Bertz CT molecular complexity index is 848. The van der Waals surface area contributed by atoms with Gasteiger partial charge in [0, 0.05) is 33.4 Å². The minimum absolute atomic E-state index is 0. The summed E-state index contributed by atoms with van der Waals surface area (Å²) in [5, 5.41) is 9.79. The van der Waals surface area contributed by atoms with Crippen LogP contribution in [-0.4, -0.2) is 19.1 Å². The van der Waals surface area contributed by atoms with Crippen LogP contribution in [0.3, 0.4) is 0 Å². The Balaban J connectivity index is 0.00000261. The third kappa shape index (κ3) is 4.99. The van der Waals surface area contributed by atoms with Gasteiger partial charge in [-0.25, -0.2) is 4.98 Å². The molecule has 3 aromatic rings. The summed E-state index contributed by atoms with van der Waals surface area (Å²) in [6.07, 6.45) is 1.77. The Kier molecular flexibility index (Phi) is 7.22. The SMILES string of the molecule is CN(C)c1ccnc(N(Cc2ccccc2)Cc2ccccc2)c1C#N.[Cl-]. The number of nitrogens with zero attached hydrogens (tertiary/aromatic N) is 4. The van der Waals surface area contributed by atoms with Crippen LogP contribution in [0.1, 0.15) is 16.7 Å². The van der Waals surface area contributed by atoms with Crippen molar-refractivity contribution in [1.82, 2.24) is 4.98 Å². The number of benzene rings is 2. The van der Waals surface area contributed by atoms with Crippen LogP contribution in [0, 0.1) is 11.3 Å². The first-order valence-corrected chi connectivity index (χ1v) is 8.58. The fourth-order valence-electron chi connectivity index (χ4n) is 2.97. The lowest BCUT2D eigenvalue weighted by atomic mass is 10.1. The summed E-state index contributed by atoms with van der Waals surface area (Å²) in [7, 11) is 3.89. The number of anilines is 2. The van der Waals surface area contributed by atoms with Crippen molar-refractivity contribution < 1.29 is 12.4 Å². The standard InChI is InChI=1S/C22H22N4.ClH/c1-25(2)21-13-14-24-22(20(21)15-23)26(16-18-9-5-3-6-10-18)17-19-11-7-4-8-12-19;/h3-14H,16-17H2,1-2H3;1H/p-1. The van der Waals surface area contributed by atoms with Crippen LogP contribution in [0.15, 0.2) is 72.9 Å². The maximum Gasteiger partial charge on any atom is 0.149 e. The second-order valence-electron chi connectivity index (χ2n) is 6.36. The zero-order valence-electron chi connectivity index (χ0n) is 15.5. The van der Waals surface area contributed by atoms with Crippen LogP contribution in [-0.2, 0) is 13.1 Å². The molecule has 2 aromatic carbocycles. The van der Waals surface area contributed by atoms with E-state index in [1.54, 1.807) is 6.20 Å². The number of halogens is 1. The normalized spacial score (nSPS) is 9.81. The van der Waals surface area contributed by atoms with Crippen LogP contribution >= 0.6 is 0 Å². The van der Waals surface area contributed by atoms with E-state index in [2.05, 4.69) is 40.2 Å². The summed E-state index contributed by atoms with van der Waals surface area (Å²) in [4.78, 5) is 8.68. The van der Waals surface area contributed by atoms with Crippen molar-refractivity contribution in [3.8, 4) is 6.07 Å². The molecule has 0 saturated heterocycles. The van der Waals surface area contributed by atoms with Crippen molar-refractivity contribution in [2.45, 2.75) is 13.1 Å². The molecule has 4 nitrogen and oxygen atoms in total. The summed E-state index contributed by atoms with van der Waals surface area (Å²) in [5.41, 5.74) is 3.85.